The van der Waals surface area contributed by atoms with Gasteiger partial charge < -0.3 is 14.7 Å². The highest BCUT2D eigenvalue weighted by Crippen LogP contribution is 2.34. The summed E-state index contributed by atoms with van der Waals surface area (Å²) in [6, 6.07) is 16.1. The number of carbonyl (C=O) groups is 4. The number of fused-ring (bicyclic) bond motifs is 1. The van der Waals surface area contributed by atoms with Gasteiger partial charge in [-0.05, 0) is 61.4 Å². The van der Waals surface area contributed by atoms with Crippen LogP contribution in [0, 0.1) is 5.41 Å². The van der Waals surface area contributed by atoms with Crippen LogP contribution in [0.15, 0.2) is 54.6 Å². The molecule has 0 fully saturated rings. The number of quaternary nitrogens is 2. The summed E-state index contributed by atoms with van der Waals surface area (Å²) in [5.41, 5.74) is 8.43. The Labute approximate surface area is 279 Å². The Bertz CT molecular complexity index is 1670. The molecule has 0 unspecified atom stereocenters. The van der Waals surface area contributed by atoms with E-state index in [1.165, 1.54) is 9.80 Å². The summed E-state index contributed by atoms with van der Waals surface area (Å²) in [6.45, 7) is 8.87. The first-order chi connectivity index (χ1) is 22.1. The van der Waals surface area contributed by atoms with E-state index in [2.05, 4.69) is 42.0 Å². The summed E-state index contributed by atoms with van der Waals surface area (Å²) in [7, 11) is 8.89. The van der Waals surface area contributed by atoms with E-state index in [0.29, 0.717) is 46.4 Å². The van der Waals surface area contributed by atoms with Crippen molar-refractivity contribution in [2.75, 3.05) is 73.2 Å². The molecule has 0 spiro atoms. The lowest BCUT2D eigenvalue weighted by atomic mass is 9.88. The Balaban J connectivity index is 1.03. The van der Waals surface area contributed by atoms with Gasteiger partial charge in [-0.25, -0.2) is 0 Å². The van der Waals surface area contributed by atoms with E-state index < -0.39 is 0 Å². The fourth-order valence-corrected chi connectivity index (χ4v) is 7.68. The van der Waals surface area contributed by atoms with Crippen LogP contribution in [0.3, 0.4) is 0 Å². The van der Waals surface area contributed by atoms with Gasteiger partial charge >= 0.3 is 0 Å². The van der Waals surface area contributed by atoms with Gasteiger partial charge in [-0.1, -0.05) is 38.1 Å². The molecule has 9 heteroatoms. The SMILES string of the molecule is CC(C)(CN1C(=O)c2cccc3cc(N)cc(c23)C1=O)C[N+](C)(C)CCCCCC[N+](C)(C)CCCN1C(=O)c2ccccc2C1=O. The van der Waals surface area contributed by atoms with Gasteiger partial charge in [0.15, 0.2) is 0 Å². The molecule has 2 N–H and O–H groups in total. The van der Waals surface area contributed by atoms with Crippen molar-refractivity contribution < 1.29 is 28.1 Å². The van der Waals surface area contributed by atoms with E-state index in [1.807, 2.05) is 18.2 Å². The van der Waals surface area contributed by atoms with Gasteiger partial charge in [-0.2, -0.15) is 0 Å². The van der Waals surface area contributed by atoms with Crippen molar-refractivity contribution in [3.63, 3.8) is 0 Å². The minimum absolute atomic E-state index is 0.177. The molecule has 250 valence electrons. The van der Waals surface area contributed by atoms with Crippen LogP contribution in [0.25, 0.3) is 10.8 Å². The molecule has 4 amide bonds. The lowest BCUT2D eigenvalue weighted by molar-refractivity contribution is -0.896. The molecule has 0 saturated carbocycles. The lowest BCUT2D eigenvalue weighted by Gasteiger charge is -2.40. The Kier molecular flexibility index (Phi) is 9.62. The molecule has 5 rings (SSSR count). The number of hydrogen-bond acceptors (Lipinski definition) is 5. The van der Waals surface area contributed by atoms with Crippen molar-refractivity contribution in [1.29, 1.82) is 0 Å². The molecular formula is C38H51N5O4+2. The van der Waals surface area contributed by atoms with Crippen LogP contribution in [0.2, 0.25) is 0 Å². The smallest absolute Gasteiger partial charge is 0.261 e. The predicted molar refractivity (Wildman–Crippen MR) is 186 cm³/mol. The van der Waals surface area contributed by atoms with Gasteiger partial charge in [-0.3, -0.25) is 29.0 Å². The third-order valence-electron chi connectivity index (χ3n) is 9.69. The molecule has 2 aliphatic heterocycles. The van der Waals surface area contributed by atoms with Crippen molar-refractivity contribution in [3.05, 3.63) is 76.9 Å². The number of unbranched alkanes of at least 4 members (excludes halogenated alkanes) is 3. The molecule has 0 bridgehead atoms. The number of amides is 4. The Morgan fingerprint density at radius 3 is 1.79 bits per heavy atom. The van der Waals surface area contributed by atoms with Crippen molar-refractivity contribution in [2.45, 2.75) is 46.0 Å². The van der Waals surface area contributed by atoms with Crippen LogP contribution >= 0.6 is 0 Å². The second-order valence-electron chi connectivity index (χ2n) is 15.6. The quantitative estimate of drug-likeness (QED) is 0.103. The third kappa shape index (κ3) is 7.57. The summed E-state index contributed by atoms with van der Waals surface area (Å²) in [4.78, 5) is 55.2. The molecule has 0 atom stereocenters. The molecule has 9 nitrogen and oxygen atoms in total. The molecule has 3 aromatic rings. The summed E-state index contributed by atoms with van der Waals surface area (Å²) in [5.74, 6) is -0.859. The van der Waals surface area contributed by atoms with Crippen molar-refractivity contribution in [1.82, 2.24) is 9.80 Å². The second kappa shape index (κ2) is 13.2. The van der Waals surface area contributed by atoms with E-state index in [1.54, 1.807) is 36.4 Å². The molecule has 2 heterocycles. The molecule has 0 radical (unpaired) electrons. The second-order valence-corrected chi connectivity index (χ2v) is 15.6. The highest BCUT2D eigenvalue weighted by molar-refractivity contribution is 6.26. The van der Waals surface area contributed by atoms with Gasteiger partial charge in [0, 0.05) is 41.6 Å². The van der Waals surface area contributed by atoms with Gasteiger partial charge in [0.05, 0.1) is 71.1 Å². The summed E-state index contributed by atoms with van der Waals surface area (Å²) in [6.07, 6.45) is 5.30. The standard InChI is InChI=1S/C38H51N5O4/c1-38(2,25-41-36(46)31-18-13-15-27-23-28(39)24-32(33(27)31)37(41)47)26-43(5,6)21-12-8-7-11-20-42(3,4)22-14-19-40-34(44)29-16-9-10-17-30(29)35(40)45/h9-10,13,15-18,23-24H,7-8,11-12,14,19-22,25-26,39H2,1-6H3/q+2. The Morgan fingerprint density at radius 2 is 1.15 bits per heavy atom. The summed E-state index contributed by atoms with van der Waals surface area (Å²) < 4.78 is 1.67. The van der Waals surface area contributed by atoms with Crippen molar-refractivity contribution in [3.8, 4) is 0 Å². The predicted octanol–water partition coefficient (Wildman–Crippen LogP) is 5.44. The highest BCUT2D eigenvalue weighted by Gasteiger charge is 2.39. The number of nitrogens with two attached hydrogens (primary N) is 1. The van der Waals surface area contributed by atoms with E-state index >= 15 is 0 Å². The van der Waals surface area contributed by atoms with Crippen LogP contribution in [0.1, 0.15) is 87.4 Å². The first-order valence-electron chi connectivity index (χ1n) is 16.9. The fourth-order valence-electron chi connectivity index (χ4n) is 7.68. The molecule has 2 aliphatic rings. The van der Waals surface area contributed by atoms with Crippen LogP contribution in [-0.4, -0.2) is 110 Å². The van der Waals surface area contributed by atoms with E-state index in [0.717, 1.165) is 72.6 Å². The monoisotopic (exact) mass is 641 g/mol. The average molecular weight is 642 g/mol. The van der Waals surface area contributed by atoms with Crippen LogP contribution in [-0.2, 0) is 0 Å². The first-order valence-corrected chi connectivity index (χ1v) is 16.9. The van der Waals surface area contributed by atoms with E-state index in [4.69, 9.17) is 5.73 Å². The van der Waals surface area contributed by atoms with Gasteiger partial charge in [0.25, 0.3) is 23.6 Å². The zero-order valence-electron chi connectivity index (χ0n) is 29.0. The molecule has 47 heavy (non-hydrogen) atoms. The van der Waals surface area contributed by atoms with Crippen LogP contribution in [0.5, 0.6) is 0 Å². The van der Waals surface area contributed by atoms with Crippen LogP contribution in [0.4, 0.5) is 5.69 Å². The maximum absolute atomic E-state index is 13.6. The minimum atomic E-state index is -0.283. The maximum Gasteiger partial charge on any atom is 0.261 e. The molecule has 3 aromatic carbocycles. The molecule has 0 saturated heterocycles. The summed E-state index contributed by atoms with van der Waals surface area (Å²) >= 11 is 0. The van der Waals surface area contributed by atoms with Crippen molar-refractivity contribution >= 4 is 40.1 Å². The normalized spacial score (nSPS) is 15.3. The fraction of sp³-hybridized carbons (Fsp3) is 0.474. The largest absolute Gasteiger partial charge is 0.399 e. The molecule has 0 aliphatic carbocycles. The first kappa shape index (κ1) is 34.3. The van der Waals surface area contributed by atoms with E-state index in [-0.39, 0.29) is 29.0 Å². The number of benzene rings is 3. The van der Waals surface area contributed by atoms with Gasteiger partial charge in [-0.15, -0.1) is 0 Å². The summed E-state index contributed by atoms with van der Waals surface area (Å²) in [5, 5.41) is 1.52. The van der Waals surface area contributed by atoms with Crippen LogP contribution < -0.4 is 5.73 Å². The van der Waals surface area contributed by atoms with Gasteiger partial charge in [0.1, 0.15) is 0 Å². The number of carbonyl (C=O) groups excluding carboxylic acids is 4. The van der Waals surface area contributed by atoms with Gasteiger partial charge in [0.2, 0.25) is 0 Å². The lowest BCUT2D eigenvalue weighted by Crippen LogP contribution is -2.53. The number of rotatable bonds is 15. The Hall–Kier alpha value is -4.08. The number of nitrogens with zero attached hydrogens (tertiary/aromatic N) is 4. The average Bonchev–Trinajstić information content (AvgIpc) is 3.23. The highest BCUT2D eigenvalue weighted by atomic mass is 16.2. The number of nitrogen functional groups attached to an aromatic ring is 1. The Morgan fingerprint density at radius 1 is 0.617 bits per heavy atom. The molecular weight excluding hydrogens is 590 g/mol. The zero-order chi connectivity index (χ0) is 34.1. The number of imide groups is 2. The number of hydrogen-bond donors (Lipinski definition) is 1. The third-order valence-corrected chi connectivity index (χ3v) is 9.69. The van der Waals surface area contributed by atoms with Crippen molar-refractivity contribution in [2.24, 2.45) is 5.41 Å². The minimum Gasteiger partial charge on any atom is -0.399 e. The molecule has 0 aromatic heterocycles. The zero-order valence-corrected chi connectivity index (χ0v) is 29.0. The van der Waals surface area contributed by atoms with E-state index in [9.17, 15) is 19.2 Å². The topological polar surface area (TPSA) is 101 Å². The number of anilines is 1. The maximum atomic E-state index is 13.6.